The number of hydrogen-bond donors (Lipinski definition) is 1. The van der Waals surface area contributed by atoms with Crippen LogP contribution in [0.1, 0.15) is 26.2 Å². The zero-order valence-electron chi connectivity index (χ0n) is 10.9. The van der Waals surface area contributed by atoms with Crippen LogP contribution in [-0.4, -0.2) is 56.9 Å². The fourth-order valence-electron chi connectivity index (χ4n) is 1.60. The summed E-state index contributed by atoms with van der Waals surface area (Å²) in [4.78, 5) is 6.42. The van der Waals surface area contributed by atoms with Gasteiger partial charge in [0.25, 0.3) is 0 Å². The molecule has 0 spiro atoms. The molecule has 0 atom stereocenters. The molecule has 1 heterocycles. The molecule has 17 heavy (non-hydrogen) atoms. The van der Waals surface area contributed by atoms with Crippen molar-refractivity contribution in [3.8, 4) is 0 Å². The molecule has 0 aromatic carbocycles. The number of guanidine groups is 1. The molecule has 0 unspecified atom stereocenters. The van der Waals surface area contributed by atoms with E-state index in [0.717, 1.165) is 58.9 Å². The third-order valence-electron chi connectivity index (χ3n) is 2.70. The van der Waals surface area contributed by atoms with E-state index < -0.39 is 0 Å². The van der Waals surface area contributed by atoms with E-state index in [4.69, 9.17) is 15.2 Å². The maximum absolute atomic E-state index is 5.89. The lowest BCUT2D eigenvalue weighted by Gasteiger charge is -2.27. The number of ether oxygens (including phenoxy) is 2. The van der Waals surface area contributed by atoms with E-state index in [9.17, 15) is 0 Å². The largest absolute Gasteiger partial charge is 0.381 e. The van der Waals surface area contributed by atoms with Crippen molar-refractivity contribution in [2.24, 2.45) is 10.7 Å². The Morgan fingerprint density at radius 3 is 2.71 bits per heavy atom. The van der Waals surface area contributed by atoms with Gasteiger partial charge in [-0.15, -0.1) is 0 Å². The molecule has 0 aliphatic carbocycles. The zero-order chi connectivity index (χ0) is 12.3. The summed E-state index contributed by atoms with van der Waals surface area (Å²) in [7, 11) is 0. The summed E-state index contributed by atoms with van der Waals surface area (Å²) < 4.78 is 10.7. The fraction of sp³-hybridized carbons (Fsp3) is 0.917. The maximum Gasteiger partial charge on any atom is 0.191 e. The summed E-state index contributed by atoms with van der Waals surface area (Å²) in [6, 6.07) is 0. The minimum atomic E-state index is 0.641. The SMILES string of the molecule is CCCCOCCCN=C(N)N1CCOCC1. The fourth-order valence-corrected chi connectivity index (χ4v) is 1.60. The molecule has 5 nitrogen and oxygen atoms in total. The van der Waals surface area contributed by atoms with E-state index >= 15 is 0 Å². The Bertz CT molecular complexity index is 216. The summed E-state index contributed by atoms with van der Waals surface area (Å²) in [5.41, 5.74) is 5.89. The second kappa shape index (κ2) is 9.24. The van der Waals surface area contributed by atoms with Crippen LogP contribution < -0.4 is 5.73 Å². The summed E-state index contributed by atoms with van der Waals surface area (Å²) >= 11 is 0. The van der Waals surface area contributed by atoms with Crippen molar-refractivity contribution in [3.63, 3.8) is 0 Å². The Labute approximate surface area is 104 Å². The van der Waals surface area contributed by atoms with Gasteiger partial charge in [0.05, 0.1) is 13.2 Å². The Morgan fingerprint density at radius 1 is 1.29 bits per heavy atom. The van der Waals surface area contributed by atoms with Gasteiger partial charge in [-0.1, -0.05) is 13.3 Å². The van der Waals surface area contributed by atoms with Crippen LogP contribution in [0.4, 0.5) is 0 Å². The minimum absolute atomic E-state index is 0.641. The van der Waals surface area contributed by atoms with Crippen LogP contribution >= 0.6 is 0 Å². The number of nitrogens with two attached hydrogens (primary N) is 1. The van der Waals surface area contributed by atoms with Gasteiger partial charge in [0.15, 0.2) is 5.96 Å². The smallest absolute Gasteiger partial charge is 0.191 e. The number of aliphatic imine (C=N–C) groups is 1. The summed E-state index contributed by atoms with van der Waals surface area (Å²) in [5.74, 6) is 0.641. The highest BCUT2D eigenvalue weighted by molar-refractivity contribution is 5.78. The molecule has 0 radical (unpaired) electrons. The minimum Gasteiger partial charge on any atom is -0.381 e. The molecule has 0 bridgehead atoms. The lowest BCUT2D eigenvalue weighted by Crippen LogP contribution is -2.44. The van der Waals surface area contributed by atoms with E-state index in [1.807, 2.05) is 0 Å². The number of morpholine rings is 1. The molecule has 2 N–H and O–H groups in total. The average Bonchev–Trinajstić information content (AvgIpc) is 2.38. The van der Waals surface area contributed by atoms with E-state index in [1.54, 1.807) is 0 Å². The Morgan fingerprint density at radius 2 is 2.00 bits per heavy atom. The highest BCUT2D eigenvalue weighted by Gasteiger charge is 2.11. The number of unbranched alkanes of at least 4 members (excludes halogenated alkanes) is 1. The van der Waals surface area contributed by atoms with Gasteiger partial charge in [-0.05, 0) is 12.8 Å². The van der Waals surface area contributed by atoms with Crippen LogP contribution in [0.15, 0.2) is 4.99 Å². The van der Waals surface area contributed by atoms with Crippen molar-refractivity contribution in [3.05, 3.63) is 0 Å². The third-order valence-corrected chi connectivity index (χ3v) is 2.70. The number of rotatable bonds is 7. The monoisotopic (exact) mass is 243 g/mol. The van der Waals surface area contributed by atoms with Crippen molar-refractivity contribution >= 4 is 5.96 Å². The maximum atomic E-state index is 5.89. The van der Waals surface area contributed by atoms with Gasteiger partial charge >= 0.3 is 0 Å². The summed E-state index contributed by atoms with van der Waals surface area (Å²) in [6.07, 6.45) is 3.26. The van der Waals surface area contributed by atoms with Crippen molar-refractivity contribution in [1.29, 1.82) is 0 Å². The van der Waals surface area contributed by atoms with Gasteiger partial charge in [0.2, 0.25) is 0 Å². The standard InChI is InChI=1S/C12H25N3O2/c1-2-3-8-16-9-4-5-14-12(13)15-6-10-17-11-7-15/h2-11H2,1H3,(H2,13,14). The number of nitrogens with zero attached hydrogens (tertiary/aromatic N) is 2. The first kappa shape index (κ1) is 14.3. The van der Waals surface area contributed by atoms with Crippen molar-refractivity contribution in [1.82, 2.24) is 4.90 Å². The molecule has 0 aromatic rings. The third kappa shape index (κ3) is 6.48. The molecular weight excluding hydrogens is 218 g/mol. The number of hydrogen-bond acceptors (Lipinski definition) is 3. The van der Waals surface area contributed by atoms with E-state index in [2.05, 4.69) is 16.8 Å². The van der Waals surface area contributed by atoms with Gasteiger partial charge in [-0.3, -0.25) is 4.99 Å². The predicted octanol–water partition coefficient (Wildman–Crippen LogP) is 0.840. The predicted molar refractivity (Wildman–Crippen MR) is 69.2 cm³/mol. The topological polar surface area (TPSA) is 60.1 Å². The van der Waals surface area contributed by atoms with Gasteiger partial charge in [0.1, 0.15) is 0 Å². The van der Waals surface area contributed by atoms with Gasteiger partial charge in [0, 0.05) is 32.8 Å². The van der Waals surface area contributed by atoms with Gasteiger partial charge < -0.3 is 20.1 Å². The van der Waals surface area contributed by atoms with Gasteiger partial charge in [-0.25, -0.2) is 0 Å². The molecule has 0 aromatic heterocycles. The van der Waals surface area contributed by atoms with E-state index in [0.29, 0.717) is 5.96 Å². The quantitative estimate of drug-likeness (QED) is 0.409. The molecule has 1 aliphatic heterocycles. The first-order chi connectivity index (χ1) is 8.34. The Hall–Kier alpha value is -0.810. The Kier molecular flexibility index (Phi) is 7.75. The van der Waals surface area contributed by atoms with Crippen LogP contribution in [0.3, 0.4) is 0 Å². The van der Waals surface area contributed by atoms with Crippen LogP contribution in [0, 0.1) is 0 Å². The summed E-state index contributed by atoms with van der Waals surface area (Å²) in [6.45, 7) is 7.74. The molecule has 1 saturated heterocycles. The Balaban J connectivity index is 2.02. The van der Waals surface area contributed by atoms with Crippen molar-refractivity contribution in [2.75, 3.05) is 46.1 Å². The zero-order valence-corrected chi connectivity index (χ0v) is 10.9. The van der Waals surface area contributed by atoms with Crippen LogP contribution in [0.25, 0.3) is 0 Å². The van der Waals surface area contributed by atoms with E-state index in [-0.39, 0.29) is 0 Å². The highest BCUT2D eigenvalue weighted by Crippen LogP contribution is 1.96. The first-order valence-corrected chi connectivity index (χ1v) is 6.55. The molecule has 1 rings (SSSR count). The second-order valence-electron chi connectivity index (χ2n) is 4.16. The molecule has 100 valence electrons. The van der Waals surface area contributed by atoms with Crippen LogP contribution in [-0.2, 0) is 9.47 Å². The molecule has 0 amide bonds. The lowest BCUT2D eigenvalue weighted by molar-refractivity contribution is 0.0673. The normalized spacial score (nSPS) is 17.5. The highest BCUT2D eigenvalue weighted by atomic mass is 16.5. The second-order valence-corrected chi connectivity index (χ2v) is 4.16. The van der Waals surface area contributed by atoms with Crippen molar-refractivity contribution < 1.29 is 9.47 Å². The van der Waals surface area contributed by atoms with Crippen LogP contribution in [0.5, 0.6) is 0 Å². The average molecular weight is 243 g/mol. The summed E-state index contributed by atoms with van der Waals surface area (Å²) in [5, 5.41) is 0. The molecule has 1 fully saturated rings. The lowest BCUT2D eigenvalue weighted by atomic mass is 10.4. The van der Waals surface area contributed by atoms with E-state index in [1.165, 1.54) is 6.42 Å². The van der Waals surface area contributed by atoms with Crippen molar-refractivity contribution in [2.45, 2.75) is 26.2 Å². The van der Waals surface area contributed by atoms with Gasteiger partial charge in [-0.2, -0.15) is 0 Å². The molecule has 5 heteroatoms. The van der Waals surface area contributed by atoms with Crippen LogP contribution in [0.2, 0.25) is 0 Å². The first-order valence-electron chi connectivity index (χ1n) is 6.55. The molecule has 1 aliphatic rings. The molecular formula is C12H25N3O2. The molecule has 0 saturated carbocycles.